The lowest BCUT2D eigenvalue weighted by Gasteiger charge is -2.21. The third kappa shape index (κ3) is 3.83. The second-order valence-corrected chi connectivity index (χ2v) is 8.07. The third-order valence-electron chi connectivity index (χ3n) is 4.35. The van der Waals surface area contributed by atoms with Gasteiger partial charge in [0.25, 0.3) is 0 Å². The molecule has 27 heavy (non-hydrogen) atoms. The van der Waals surface area contributed by atoms with Crippen LogP contribution < -0.4 is 5.73 Å². The number of nitrogen functional groups attached to an aromatic ring is 1. The molecule has 0 aliphatic carbocycles. The van der Waals surface area contributed by atoms with Crippen molar-refractivity contribution < 1.29 is 34.0 Å². The lowest BCUT2D eigenvalue weighted by atomic mass is 10.1. The Bertz CT molecular complexity index is 871. The lowest BCUT2D eigenvalue weighted by molar-refractivity contribution is -0.0726. The van der Waals surface area contributed by atoms with Gasteiger partial charge >= 0.3 is 7.60 Å². The number of hydrogen-bond acceptors (Lipinski definition) is 9. The van der Waals surface area contributed by atoms with Crippen molar-refractivity contribution in [3.8, 4) is 0 Å². The Hall–Kier alpha value is -1.66. The van der Waals surface area contributed by atoms with Crippen molar-refractivity contribution in [3.05, 3.63) is 12.2 Å². The van der Waals surface area contributed by atoms with Crippen LogP contribution in [0.4, 0.5) is 5.82 Å². The van der Waals surface area contributed by atoms with Crippen LogP contribution in [0.5, 0.6) is 0 Å². The fourth-order valence-corrected chi connectivity index (χ4v) is 3.75. The van der Waals surface area contributed by atoms with Crippen LogP contribution in [0.25, 0.3) is 11.2 Å². The van der Waals surface area contributed by atoms with E-state index < -0.39 is 38.0 Å². The van der Waals surface area contributed by atoms with Gasteiger partial charge in [0.15, 0.2) is 23.5 Å². The molecule has 0 bridgehead atoms. The first-order chi connectivity index (χ1) is 12.6. The highest BCUT2D eigenvalue weighted by Crippen LogP contribution is 2.44. The van der Waals surface area contributed by atoms with Crippen LogP contribution in [0, 0.1) is 6.92 Å². The lowest BCUT2D eigenvalue weighted by Crippen LogP contribution is -2.34. The molecular formula is C14H22N5O7P. The molecule has 13 heteroatoms. The molecule has 2 aromatic heterocycles. The summed E-state index contributed by atoms with van der Waals surface area (Å²) in [5.74, 6) is -0.729. The molecule has 0 spiro atoms. The van der Waals surface area contributed by atoms with Crippen LogP contribution in [0.1, 0.15) is 25.4 Å². The van der Waals surface area contributed by atoms with Crippen LogP contribution in [-0.2, 0) is 14.0 Å². The molecule has 1 saturated heterocycles. The number of rotatable bonds is 6. The maximum absolute atomic E-state index is 11.4. The van der Waals surface area contributed by atoms with Crippen molar-refractivity contribution in [2.45, 2.75) is 50.7 Å². The van der Waals surface area contributed by atoms with Crippen LogP contribution in [0.15, 0.2) is 6.33 Å². The summed E-state index contributed by atoms with van der Waals surface area (Å²) in [6, 6.07) is 0. The predicted octanol–water partition coefficient (Wildman–Crippen LogP) is -0.733. The summed E-state index contributed by atoms with van der Waals surface area (Å²) in [4.78, 5) is 30.9. The number of aryl methyl sites for hydroxylation is 1. The van der Waals surface area contributed by atoms with E-state index in [1.165, 1.54) is 10.9 Å². The standard InChI is InChI=1S/C14H22N5O7P/c1-3-8(27(22,23)24)25-4-7-10(20)11(21)14(26-7)19-5-16-9-12(15)17-6(2)18-13(9)19/h5,7-8,10-11,14,20-21H,3-4H2,1-2H3,(H2,15,17,18)(H2,22,23,24)/t7-,8+,10-,11-,14-/m0/s1. The van der Waals surface area contributed by atoms with E-state index in [1.807, 2.05) is 0 Å². The van der Waals surface area contributed by atoms with Gasteiger partial charge in [0.05, 0.1) is 12.9 Å². The molecule has 150 valence electrons. The summed E-state index contributed by atoms with van der Waals surface area (Å²) in [6.45, 7) is 2.91. The normalized spacial score (nSPS) is 27.3. The SMILES string of the molecule is CC[C@H](OC[C@@H]1O[C@H](n2cnc3c(N)nc(C)nc32)[C@@H](O)[C@H]1O)P(=O)(O)O. The van der Waals surface area contributed by atoms with Gasteiger partial charge in [0, 0.05) is 0 Å². The molecule has 0 aromatic carbocycles. The molecule has 3 heterocycles. The summed E-state index contributed by atoms with van der Waals surface area (Å²) in [7, 11) is -4.44. The minimum Gasteiger partial charge on any atom is -0.387 e. The fraction of sp³-hybridized carbons (Fsp3) is 0.643. The van der Waals surface area contributed by atoms with Gasteiger partial charge in [-0.3, -0.25) is 9.13 Å². The van der Waals surface area contributed by atoms with Crippen molar-refractivity contribution in [1.29, 1.82) is 0 Å². The van der Waals surface area contributed by atoms with Crippen LogP contribution in [0.2, 0.25) is 0 Å². The number of nitrogens with two attached hydrogens (primary N) is 1. The molecule has 12 nitrogen and oxygen atoms in total. The number of imidazole rings is 1. The largest absolute Gasteiger partial charge is 0.387 e. The average molecular weight is 403 g/mol. The smallest absolute Gasteiger partial charge is 0.354 e. The topological polar surface area (TPSA) is 186 Å². The molecule has 1 aliphatic rings. The number of anilines is 1. The molecule has 1 fully saturated rings. The maximum atomic E-state index is 11.4. The van der Waals surface area contributed by atoms with E-state index >= 15 is 0 Å². The van der Waals surface area contributed by atoms with E-state index in [0.29, 0.717) is 17.0 Å². The van der Waals surface area contributed by atoms with Gasteiger partial charge in [0.2, 0.25) is 0 Å². The zero-order chi connectivity index (χ0) is 19.9. The van der Waals surface area contributed by atoms with E-state index in [0.717, 1.165) is 0 Å². The maximum Gasteiger partial charge on any atom is 0.354 e. The molecule has 2 aromatic rings. The highest BCUT2D eigenvalue weighted by molar-refractivity contribution is 7.52. The van der Waals surface area contributed by atoms with Crippen molar-refractivity contribution in [2.75, 3.05) is 12.3 Å². The summed E-state index contributed by atoms with van der Waals surface area (Å²) >= 11 is 0. The molecule has 0 unspecified atom stereocenters. The van der Waals surface area contributed by atoms with Gasteiger partial charge in [-0.2, -0.15) is 0 Å². The first kappa shape index (κ1) is 20.1. The first-order valence-electron chi connectivity index (χ1n) is 8.28. The van der Waals surface area contributed by atoms with Crippen molar-refractivity contribution in [1.82, 2.24) is 19.5 Å². The van der Waals surface area contributed by atoms with Crippen molar-refractivity contribution >= 4 is 24.6 Å². The number of nitrogens with zero attached hydrogens (tertiary/aromatic N) is 4. The van der Waals surface area contributed by atoms with Gasteiger partial charge in [-0.15, -0.1) is 0 Å². The van der Waals surface area contributed by atoms with Crippen LogP contribution in [-0.4, -0.2) is 70.3 Å². The van der Waals surface area contributed by atoms with Gasteiger partial charge in [0.1, 0.15) is 29.7 Å². The predicted molar refractivity (Wildman–Crippen MR) is 92.5 cm³/mol. The molecule has 0 amide bonds. The minimum absolute atomic E-state index is 0.0840. The molecule has 5 atom stereocenters. The van der Waals surface area contributed by atoms with Crippen LogP contribution in [0.3, 0.4) is 0 Å². The quantitative estimate of drug-likeness (QED) is 0.383. The Morgan fingerprint density at radius 2 is 2.07 bits per heavy atom. The highest BCUT2D eigenvalue weighted by atomic mass is 31.2. The molecule has 6 N–H and O–H groups in total. The number of aromatic nitrogens is 4. The highest BCUT2D eigenvalue weighted by Gasteiger charge is 2.45. The zero-order valence-electron chi connectivity index (χ0n) is 14.7. The minimum atomic E-state index is -4.44. The van der Waals surface area contributed by atoms with Gasteiger partial charge in [-0.05, 0) is 13.3 Å². The second-order valence-electron chi connectivity index (χ2n) is 6.31. The van der Waals surface area contributed by atoms with Crippen molar-refractivity contribution in [2.24, 2.45) is 0 Å². The van der Waals surface area contributed by atoms with Crippen LogP contribution >= 0.6 is 7.60 Å². The molecule has 1 aliphatic heterocycles. The van der Waals surface area contributed by atoms with E-state index in [2.05, 4.69) is 15.0 Å². The van der Waals surface area contributed by atoms with Gasteiger partial charge in [-0.1, -0.05) is 6.92 Å². The number of hydrogen-bond donors (Lipinski definition) is 5. The molecule has 0 saturated carbocycles. The summed E-state index contributed by atoms with van der Waals surface area (Å²) in [6.07, 6.45) is -3.24. The van der Waals surface area contributed by atoms with E-state index in [-0.39, 0.29) is 18.8 Å². The Balaban J connectivity index is 1.80. The van der Waals surface area contributed by atoms with E-state index in [4.69, 9.17) is 15.2 Å². The average Bonchev–Trinajstić information content (AvgIpc) is 3.10. The van der Waals surface area contributed by atoms with Crippen molar-refractivity contribution in [3.63, 3.8) is 0 Å². The second kappa shape index (κ2) is 7.40. The van der Waals surface area contributed by atoms with E-state index in [9.17, 15) is 24.6 Å². The third-order valence-corrected chi connectivity index (χ3v) is 5.61. The number of fused-ring (bicyclic) bond motifs is 1. The van der Waals surface area contributed by atoms with Gasteiger partial charge in [-0.25, -0.2) is 15.0 Å². The fourth-order valence-electron chi connectivity index (χ4n) is 2.99. The Labute approximate surface area is 154 Å². The molecule has 3 rings (SSSR count). The zero-order valence-corrected chi connectivity index (χ0v) is 15.6. The first-order valence-corrected chi connectivity index (χ1v) is 9.96. The number of ether oxygens (including phenoxy) is 2. The van der Waals surface area contributed by atoms with Gasteiger partial charge < -0.3 is 35.2 Å². The summed E-state index contributed by atoms with van der Waals surface area (Å²) in [5.41, 5.74) is 6.49. The Morgan fingerprint density at radius 1 is 1.37 bits per heavy atom. The molecule has 0 radical (unpaired) electrons. The Morgan fingerprint density at radius 3 is 2.70 bits per heavy atom. The number of aliphatic hydroxyl groups excluding tert-OH is 2. The summed E-state index contributed by atoms with van der Waals surface area (Å²) in [5, 5.41) is 20.6. The summed E-state index contributed by atoms with van der Waals surface area (Å²) < 4.78 is 23.7. The van der Waals surface area contributed by atoms with E-state index in [1.54, 1.807) is 13.8 Å². The number of aliphatic hydroxyl groups is 2. The Kier molecular flexibility index (Phi) is 5.50. The monoisotopic (exact) mass is 403 g/mol. The molecular weight excluding hydrogens is 381 g/mol.